The molecular formula is C28H27F5O2. The summed E-state index contributed by atoms with van der Waals surface area (Å²) in [6.07, 6.45) is 2.79. The average Bonchev–Trinajstić information content (AvgIpc) is 3.09. The number of hydrogen-bond acceptors (Lipinski definition) is 2. The van der Waals surface area contributed by atoms with Gasteiger partial charge in [0, 0.05) is 23.3 Å². The Morgan fingerprint density at radius 1 is 1.06 bits per heavy atom. The van der Waals surface area contributed by atoms with E-state index in [1.54, 1.807) is 30.3 Å². The van der Waals surface area contributed by atoms with Crippen LogP contribution in [-0.2, 0) is 4.79 Å². The molecule has 0 aromatic heterocycles. The number of carbonyl (C=O) groups is 1. The molecule has 2 fully saturated rings. The van der Waals surface area contributed by atoms with Gasteiger partial charge in [0.2, 0.25) is 0 Å². The van der Waals surface area contributed by atoms with E-state index in [2.05, 4.69) is 5.92 Å². The van der Waals surface area contributed by atoms with Crippen LogP contribution in [0.3, 0.4) is 0 Å². The minimum atomic E-state index is -5.85. The predicted molar refractivity (Wildman–Crippen MR) is 121 cm³/mol. The van der Waals surface area contributed by atoms with Gasteiger partial charge in [0.1, 0.15) is 5.60 Å². The molecule has 0 radical (unpaired) electrons. The number of carbonyl (C=O) groups excluding carboxylic acids is 1. The van der Waals surface area contributed by atoms with Gasteiger partial charge in [-0.15, -0.1) is 6.42 Å². The number of rotatable bonds is 2. The SMILES string of the molecule is C#Cc1ccc([C@H]2CC3(C)C(CCC3(O)C(F)(F)C(F)(F)F)C3CCC4=CC(=O)CCC4=C32)cc1. The largest absolute Gasteiger partial charge is 0.456 e. The molecule has 7 heteroatoms. The summed E-state index contributed by atoms with van der Waals surface area (Å²) in [5, 5.41) is 11.2. The molecule has 4 aliphatic rings. The minimum Gasteiger partial charge on any atom is -0.383 e. The average molecular weight is 491 g/mol. The number of alkyl halides is 5. The quantitative estimate of drug-likeness (QED) is 0.380. The maximum atomic E-state index is 14.9. The lowest BCUT2D eigenvalue weighted by Crippen LogP contribution is -2.65. The predicted octanol–water partition coefficient (Wildman–Crippen LogP) is 6.50. The molecule has 186 valence electrons. The van der Waals surface area contributed by atoms with Crippen molar-refractivity contribution in [3.63, 3.8) is 0 Å². The third kappa shape index (κ3) is 3.28. The van der Waals surface area contributed by atoms with Crippen molar-refractivity contribution >= 4 is 5.78 Å². The van der Waals surface area contributed by atoms with Crippen molar-refractivity contribution in [2.75, 3.05) is 0 Å². The molecule has 1 aromatic rings. The molecule has 0 heterocycles. The number of benzene rings is 1. The monoisotopic (exact) mass is 490 g/mol. The number of aliphatic hydroxyl groups is 1. The Morgan fingerprint density at radius 3 is 2.37 bits per heavy atom. The zero-order valence-corrected chi connectivity index (χ0v) is 19.4. The summed E-state index contributed by atoms with van der Waals surface area (Å²) in [6, 6.07) is 7.07. The van der Waals surface area contributed by atoms with E-state index < -0.39 is 41.4 Å². The van der Waals surface area contributed by atoms with Gasteiger partial charge in [-0.3, -0.25) is 4.79 Å². The second kappa shape index (κ2) is 7.77. The van der Waals surface area contributed by atoms with Crippen LogP contribution in [0, 0.1) is 29.6 Å². The van der Waals surface area contributed by atoms with Crippen molar-refractivity contribution in [3.8, 4) is 12.3 Å². The summed E-state index contributed by atoms with van der Waals surface area (Å²) in [6.45, 7) is 1.42. The fraction of sp³-hybridized carbons (Fsp3) is 0.536. The summed E-state index contributed by atoms with van der Waals surface area (Å²) in [5.41, 5.74) is -0.390. The van der Waals surface area contributed by atoms with Crippen LogP contribution < -0.4 is 0 Å². The van der Waals surface area contributed by atoms with Crippen LogP contribution in [-0.4, -0.2) is 28.6 Å². The summed E-state index contributed by atoms with van der Waals surface area (Å²) >= 11 is 0. The molecular weight excluding hydrogens is 463 g/mol. The summed E-state index contributed by atoms with van der Waals surface area (Å²) in [5.74, 6) is -3.84. The molecule has 0 spiro atoms. The highest BCUT2D eigenvalue weighted by Crippen LogP contribution is 2.70. The van der Waals surface area contributed by atoms with Crippen molar-refractivity contribution in [1.82, 2.24) is 0 Å². The second-order valence-corrected chi connectivity index (χ2v) is 10.7. The zero-order chi connectivity index (χ0) is 25.4. The molecule has 1 aromatic carbocycles. The molecule has 0 bridgehead atoms. The second-order valence-electron chi connectivity index (χ2n) is 10.7. The van der Waals surface area contributed by atoms with E-state index in [0.717, 1.165) is 22.3 Å². The van der Waals surface area contributed by atoms with Gasteiger partial charge in [0.05, 0.1) is 0 Å². The molecule has 0 aliphatic heterocycles. The zero-order valence-electron chi connectivity index (χ0n) is 19.4. The van der Waals surface area contributed by atoms with Crippen LogP contribution in [0.2, 0.25) is 0 Å². The molecule has 1 N–H and O–H groups in total. The van der Waals surface area contributed by atoms with Crippen LogP contribution in [0.25, 0.3) is 0 Å². The molecule has 2 nitrogen and oxygen atoms in total. The highest BCUT2D eigenvalue weighted by Gasteiger charge is 2.79. The molecule has 5 rings (SSSR count). The first-order valence-corrected chi connectivity index (χ1v) is 12.0. The van der Waals surface area contributed by atoms with Crippen molar-refractivity contribution in [3.05, 3.63) is 58.2 Å². The smallest absolute Gasteiger partial charge is 0.383 e. The van der Waals surface area contributed by atoms with E-state index >= 15 is 0 Å². The number of halogens is 5. The Morgan fingerprint density at radius 2 is 1.74 bits per heavy atom. The van der Waals surface area contributed by atoms with E-state index in [0.29, 0.717) is 31.2 Å². The summed E-state index contributed by atoms with van der Waals surface area (Å²) in [7, 11) is 0. The fourth-order valence-electron chi connectivity index (χ4n) is 7.53. The van der Waals surface area contributed by atoms with E-state index in [-0.39, 0.29) is 24.5 Å². The van der Waals surface area contributed by atoms with E-state index in [1.807, 2.05) is 0 Å². The Labute approximate surface area is 201 Å². The van der Waals surface area contributed by atoms with Crippen LogP contribution in [0.15, 0.2) is 47.1 Å². The Kier molecular flexibility index (Phi) is 5.38. The standard InChI is InChI=1S/C28H27F5O2/c1-3-16-4-6-17(7-5-16)22-15-25(2)23(12-13-26(25,35)27(29,30)28(31,32)33)21-10-8-18-14-19(34)9-11-20(18)24(21)22/h1,4-7,14,21-23,35H,8-13,15H2,2H3/t21?,22-,23?,25?,26?/m1/s1. The Bertz CT molecular complexity index is 1170. The van der Waals surface area contributed by atoms with Crippen LogP contribution in [0.5, 0.6) is 0 Å². The van der Waals surface area contributed by atoms with Crippen LogP contribution in [0.1, 0.15) is 68.9 Å². The topological polar surface area (TPSA) is 37.3 Å². The molecule has 0 amide bonds. The normalized spacial score (nSPS) is 35.1. The third-order valence-electron chi connectivity index (χ3n) is 9.24. The number of hydrogen-bond donors (Lipinski definition) is 1. The number of ketones is 1. The van der Waals surface area contributed by atoms with E-state index in [4.69, 9.17) is 6.42 Å². The molecule has 5 atom stereocenters. The van der Waals surface area contributed by atoms with E-state index in [1.165, 1.54) is 6.92 Å². The Balaban J connectivity index is 1.69. The van der Waals surface area contributed by atoms with Gasteiger partial charge < -0.3 is 5.11 Å². The first-order chi connectivity index (χ1) is 16.3. The molecule has 0 saturated heterocycles. The lowest BCUT2D eigenvalue weighted by molar-refractivity contribution is -0.362. The molecule has 35 heavy (non-hydrogen) atoms. The van der Waals surface area contributed by atoms with Crippen LogP contribution >= 0.6 is 0 Å². The van der Waals surface area contributed by atoms with Gasteiger partial charge in [-0.25, -0.2) is 0 Å². The maximum absolute atomic E-state index is 14.9. The van der Waals surface area contributed by atoms with Crippen molar-refractivity contribution in [2.24, 2.45) is 17.3 Å². The van der Waals surface area contributed by atoms with Gasteiger partial charge >= 0.3 is 12.1 Å². The Hall–Kier alpha value is -2.46. The number of allylic oxidation sites excluding steroid dienone is 4. The molecule has 4 unspecified atom stereocenters. The number of terminal acetylenes is 1. The lowest BCUT2D eigenvalue weighted by Gasteiger charge is -2.56. The maximum Gasteiger partial charge on any atom is 0.456 e. The first-order valence-electron chi connectivity index (χ1n) is 12.0. The highest BCUT2D eigenvalue weighted by atomic mass is 19.4. The number of fused-ring (bicyclic) bond motifs is 4. The summed E-state index contributed by atoms with van der Waals surface area (Å²) < 4.78 is 70.6. The van der Waals surface area contributed by atoms with Gasteiger partial charge in [-0.2, -0.15) is 22.0 Å². The third-order valence-corrected chi connectivity index (χ3v) is 9.24. The van der Waals surface area contributed by atoms with Crippen molar-refractivity contribution in [2.45, 2.75) is 75.5 Å². The highest BCUT2D eigenvalue weighted by molar-refractivity contribution is 5.93. The van der Waals surface area contributed by atoms with Crippen LogP contribution in [0.4, 0.5) is 22.0 Å². The van der Waals surface area contributed by atoms with E-state index in [9.17, 15) is 31.9 Å². The van der Waals surface area contributed by atoms with Gasteiger partial charge in [0.25, 0.3) is 0 Å². The lowest BCUT2D eigenvalue weighted by atomic mass is 9.50. The van der Waals surface area contributed by atoms with Gasteiger partial charge in [0.15, 0.2) is 5.78 Å². The molecule has 4 aliphatic carbocycles. The fourth-order valence-corrected chi connectivity index (χ4v) is 7.53. The minimum absolute atomic E-state index is 0.0359. The van der Waals surface area contributed by atoms with Crippen molar-refractivity contribution in [1.29, 1.82) is 0 Å². The first kappa shape index (κ1) is 24.2. The van der Waals surface area contributed by atoms with Gasteiger partial charge in [-0.1, -0.05) is 30.6 Å². The van der Waals surface area contributed by atoms with Gasteiger partial charge in [-0.05, 0) is 85.3 Å². The van der Waals surface area contributed by atoms with Crippen molar-refractivity contribution < 1.29 is 31.9 Å². The summed E-state index contributed by atoms with van der Waals surface area (Å²) in [4.78, 5) is 12.1. The molecule has 2 saturated carbocycles.